The number of amides is 1. The Hall–Kier alpha value is -2.90. The van der Waals surface area contributed by atoms with Crippen LogP contribution in [0.15, 0.2) is 48.5 Å². The molecule has 1 heterocycles. The van der Waals surface area contributed by atoms with E-state index in [0.717, 1.165) is 29.0 Å². The van der Waals surface area contributed by atoms with Crippen LogP contribution in [-0.2, 0) is 11.4 Å². The van der Waals surface area contributed by atoms with E-state index < -0.39 is 0 Å². The Morgan fingerprint density at radius 3 is 2.67 bits per heavy atom. The van der Waals surface area contributed by atoms with Gasteiger partial charge >= 0.3 is 0 Å². The number of nitrogens with zero attached hydrogens (tertiary/aromatic N) is 2. The molecule has 0 saturated heterocycles. The van der Waals surface area contributed by atoms with Gasteiger partial charge < -0.3 is 9.47 Å². The SMILES string of the molecule is COc1cc(C=CC(=O)Nc2nnc(C3CCCCC3)s2)ccc1OCc1ccc(Cl)cc1. The molecule has 0 spiro atoms. The van der Waals surface area contributed by atoms with Crippen molar-refractivity contribution in [2.75, 3.05) is 12.4 Å². The number of aromatic nitrogens is 2. The Morgan fingerprint density at radius 1 is 1.12 bits per heavy atom. The molecule has 0 atom stereocenters. The van der Waals surface area contributed by atoms with Gasteiger partial charge in [0.25, 0.3) is 0 Å². The van der Waals surface area contributed by atoms with Gasteiger partial charge in [-0.05, 0) is 54.3 Å². The van der Waals surface area contributed by atoms with Crippen LogP contribution in [0.5, 0.6) is 11.5 Å². The number of methoxy groups -OCH3 is 1. The normalized spacial score (nSPS) is 14.4. The highest BCUT2D eigenvalue weighted by Gasteiger charge is 2.20. The first-order valence-corrected chi connectivity index (χ1v) is 12.2. The third-order valence-corrected chi connectivity index (χ3v) is 6.80. The van der Waals surface area contributed by atoms with Crippen molar-refractivity contribution >= 4 is 40.1 Å². The summed E-state index contributed by atoms with van der Waals surface area (Å²) in [6.07, 6.45) is 9.29. The summed E-state index contributed by atoms with van der Waals surface area (Å²) in [5, 5.41) is 13.5. The van der Waals surface area contributed by atoms with E-state index in [1.54, 1.807) is 13.2 Å². The summed E-state index contributed by atoms with van der Waals surface area (Å²) >= 11 is 7.39. The molecule has 1 aromatic heterocycles. The molecule has 1 amide bonds. The van der Waals surface area contributed by atoms with Gasteiger partial charge in [0.15, 0.2) is 11.5 Å². The molecule has 8 heteroatoms. The number of rotatable bonds is 8. The monoisotopic (exact) mass is 483 g/mol. The zero-order valence-corrected chi connectivity index (χ0v) is 20.0. The molecule has 6 nitrogen and oxygen atoms in total. The summed E-state index contributed by atoms with van der Waals surface area (Å²) in [5.74, 6) is 1.44. The summed E-state index contributed by atoms with van der Waals surface area (Å²) in [6.45, 7) is 0.399. The van der Waals surface area contributed by atoms with Gasteiger partial charge in [-0.25, -0.2) is 0 Å². The molecule has 1 saturated carbocycles. The first-order valence-electron chi connectivity index (χ1n) is 11.0. The molecule has 0 aliphatic heterocycles. The van der Waals surface area contributed by atoms with Crippen LogP contribution >= 0.6 is 22.9 Å². The van der Waals surface area contributed by atoms with Crippen LogP contribution in [0.25, 0.3) is 6.08 Å². The lowest BCUT2D eigenvalue weighted by atomic mass is 9.90. The van der Waals surface area contributed by atoms with Gasteiger partial charge in [-0.2, -0.15) is 0 Å². The Labute approximate surface area is 202 Å². The second-order valence-electron chi connectivity index (χ2n) is 7.93. The zero-order valence-electron chi connectivity index (χ0n) is 18.4. The summed E-state index contributed by atoms with van der Waals surface area (Å²) in [4.78, 5) is 12.4. The highest BCUT2D eigenvalue weighted by atomic mass is 35.5. The third-order valence-electron chi connectivity index (χ3n) is 5.55. The molecule has 33 heavy (non-hydrogen) atoms. The molecule has 1 fully saturated rings. The Balaban J connectivity index is 1.34. The largest absolute Gasteiger partial charge is 0.493 e. The Morgan fingerprint density at radius 2 is 1.91 bits per heavy atom. The van der Waals surface area contributed by atoms with Crippen molar-refractivity contribution in [2.45, 2.75) is 44.6 Å². The van der Waals surface area contributed by atoms with Gasteiger partial charge in [0.1, 0.15) is 11.6 Å². The number of carbonyl (C=O) groups is 1. The maximum atomic E-state index is 12.4. The molecule has 0 bridgehead atoms. The second kappa shape index (κ2) is 11.3. The predicted molar refractivity (Wildman–Crippen MR) is 132 cm³/mol. The minimum Gasteiger partial charge on any atom is -0.493 e. The second-order valence-corrected chi connectivity index (χ2v) is 9.37. The predicted octanol–water partition coefficient (Wildman–Crippen LogP) is 6.48. The molecular formula is C25H26ClN3O3S. The standard InChI is InChI=1S/C25H26ClN3O3S/c1-31-22-15-17(9-13-21(22)32-16-18-7-11-20(26)12-8-18)10-14-23(30)27-25-29-28-24(33-25)19-5-3-2-4-6-19/h7-15,19H,2-6,16H2,1H3,(H,27,29,30). The fraction of sp³-hybridized carbons (Fsp3) is 0.320. The van der Waals surface area contributed by atoms with Crippen LogP contribution in [-0.4, -0.2) is 23.2 Å². The average Bonchev–Trinajstić information content (AvgIpc) is 3.31. The van der Waals surface area contributed by atoms with Crippen LogP contribution in [0.4, 0.5) is 5.13 Å². The minimum atomic E-state index is -0.247. The number of halogens is 1. The summed E-state index contributed by atoms with van der Waals surface area (Å²) in [5.41, 5.74) is 1.83. The van der Waals surface area contributed by atoms with Crippen molar-refractivity contribution in [3.8, 4) is 11.5 Å². The number of benzene rings is 2. The van der Waals surface area contributed by atoms with E-state index >= 15 is 0 Å². The zero-order chi connectivity index (χ0) is 23.0. The molecule has 0 unspecified atom stereocenters. The minimum absolute atomic E-state index is 0.247. The first-order chi connectivity index (χ1) is 16.1. The lowest BCUT2D eigenvalue weighted by Gasteiger charge is -2.18. The van der Waals surface area contributed by atoms with Crippen LogP contribution in [0.3, 0.4) is 0 Å². The summed E-state index contributed by atoms with van der Waals surface area (Å²) < 4.78 is 11.3. The molecule has 0 radical (unpaired) electrons. The van der Waals surface area contributed by atoms with Gasteiger partial charge in [0.05, 0.1) is 7.11 Å². The van der Waals surface area contributed by atoms with Crippen molar-refractivity contribution < 1.29 is 14.3 Å². The van der Waals surface area contributed by atoms with Crippen LogP contribution < -0.4 is 14.8 Å². The molecule has 2 aromatic carbocycles. The topological polar surface area (TPSA) is 73.3 Å². The fourth-order valence-electron chi connectivity index (χ4n) is 3.77. The van der Waals surface area contributed by atoms with E-state index in [9.17, 15) is 4.79 Å². The molecule has 1 aliphatic carbocycles. The molecule has 1 aliphatic rings. The maximum absolute atomic E-state index is 12.4. The van der Waals surface area contributed by atoms with E-state index in [0.29, 0.717) is 34.2 Å². The van der Waals surface area contributed by atoms with Gasteiger partial charge in [0, 0.05) is 17.0 Å². The number of hydrogen-bond donors (Lipinski definition) is 1. The lowest BCUT2D eigenvalue weighted by molar-refractivity contribution is -0.111. The highest BCUT2D eigenvalue weighted by molar-refractivity contribution is 7.15. The van der Waals surface area contributed by atoms with E-state index in [2.05, 4.69) is 15.5 Å². The Bertz CT molecular complexity index is 1110. The van der Waals surface area contributed by atoms with Crippen LogP contribution in [0.1, 0.15) is 54.2 Å². The maximum Gasteiger partial charge on any atom is 0.250 e. The number of hydrogen-bond acceptors (Lipinski definition) is 6. The number of nitrogens with one attached hydrogen (secondary N) is 1. The van der Waals surface area contributed by atoms with Crippen molar-refractivity contribution in [3.05, 3.63) is 69.7 Å². The molecule has 1 N–H and O–H groups in total. The van der Waals surface area contributed by atoms with E-state index in [-0.39, 0.29) is 5.91 Å². The van der Waals surface area contributed by atoms with Crippen LogP contribution in [0.2, 0.25) is 5.02 Å². The fourth-order valence-corrected chi connectivity index (χ4v) is 4.81. The summed E-state index contributed by atoms with van der Waals surface area (Å²) in [7, 11) is 1.59. The van der Waals surface area contributed by atoms with Crippen LogP contribution in [0, 0.1) is 0 Å². The van der Waals surface area contributed by atoms with Gasteiger partial charge in [-0.15, -0.1) is 10.2 Å². The van der Waals surface area contributed by atoms with E-state index in [1.807, 2.05) is 42.5 Å². The van der Waals surface area contributed by atoms with E-state index in [4.69, 9.17) is 21.1 Å². The Kier molecular flexibility index (Phi) is 7.96. The molecule has 3 aromatic rings. The van der Waals surface area contributed by atoms with Gasteiger partial charge in [-0.1, -0.05) is 60.4 Å². The van der Waals surface area contributed by atoms with Crippen molar-refractivity contribution in [2.24, 2.45) is 0 Å². The smallest absolute Gasteiger partial charge is 0.250 e. The molecular weight excluding hydrogens is 458 g/mol. The molecule has 172 valence electrons. The van der Waals surface area contributed by atoms with Gasteiger partial charge in [0.2, 0.25) is 11.0 Å². The average molecular weight is 484 g/mol. The highest BCUT2D eigenvalue weighted by Crippen LogP contribution is 2.35. The number of carbonyl (C=O) groups excluding carboxylic acids is 1. The number of anilines is 1. The third kappa shape index (κ3) is 6.55. The summed E-state index contributed by atoms with van der Waals surface area (Å²) in [6, 6.07) is 13.0. The number of ether oxygens (including phenoxy) is 2. The lowest BCUT2D eigenvalue weighted by Crippen LogP contribution is -2.07. The van der Waals surface area contributed by atoms with E-state index in [1.165, 1.54) is 36.7 Å². The van der Waals surface area contributed by atoms with Crippen molar-refractivity contribution in [3.63, 3.8) is 0 Å². The molecule has 4 rings (SSSR count). The van der Waals surface area contributed by atoms with Gasteiger partial charge in [-0.3, -0.25) is 10.1 Å². The van der Waals surface area contributed by atoms with Crippen molar-refractivity contribution in [1.29, 1.82) is 0 Å². The quantitative estimate of drug-likeness (QED) is 0.371. The first kappa shape index (κ1) is 23.3. The van der Waals surface area contributed by atoms with Crippen molar-refractivity contribution in [1.82, 2.24) is 10.2 Å².